The van der Waals surface area contributed by atoms with E-state index < -0.39 is 0 Å². The summed E-state index contributed by atoms with van der Waals surface area (Å²) in [6, 6.07) is 17.0. The largest absolute Gasteiger partial charge is 0.426 e. The summed E-state index contributed by atoms with van der Waals surface area (Å²) in [6.07, 6.45) is 1.90. The second-order valence-corrected chi connectivity index (χ2v) is 6.10. The van der Waals surface area contributed by atoms with E-state index in [-0.39, 0.29) is 6.98 Å². The molecule has 22 heavy (non-hydrogen) atoms. The number of nitrogens with one attached hydrogen (secondary N) is 2. The van der Waals surface area contributed by atoms with Gasteiger partial charge in [0.15, 0.2) is 0 Å². The van der Waals surface area contributed by atoms with Crippen molar-refractivity contribution in [1.29, 1.82) is 0 Å². The molecule has 0 bridgehead atoms. The van der Waals surface area contributed by atoms with E-state index in [9.17, 15) is 0 Å². The summed E-state index contributed by atoms with van der Waals surface area (Å²) in [5.41, 5.74) is 4.67. The Bertz CT molecular complexity index is 820. The second kappa shape index (κ2) is 5.06. The van der Waals surface area contributed by atoms with Gasteiger partial charge >= 0.3 is 6.98 Å². The van der Waals surface area contributed by atoms with Crippen molar-refractivity contribution < 1.29 is 0 Å². The number of anilines is 2. The third-order valence-corrected chi connectivity index (χ3v) is 4.29. The van der Waals surface area contributed by atoms with Gasteiger partial charge in [-0.25, -0.2) is 0 Å². The lowest BCUT2D eigenvalue weighted by Crippen LogP contribution is -2.44. The van der Waals surface area contributed by atoms with Crippen LogP contribution in [0, 0.1) is 0 Å². The molecule has 1 aliphatic heterocycles. The summed E-state index contributed by atoms with van der Waals surface area (Å²) in [5.74, 6) is 0.535. The Balaban J connectivity index is 1.77. The maximum absolute atomic E-state index is 4.62. The first-order valence-corrected chi connectivity index (χ1v) is 7.73. The maximum atomic E-state index is 4.62. The standard InChI is InChI=1S/C18H18BN3/c1-12(2)13-7-8-15-14(11-13)9-10-20-18(15)19-21-16-5-3-4-6-17(16)22-19/h3-12,21-22H,1-2H3. The Morgan fingerprint density at radius 3 is 2.36 bits per heavy atom. The van der Waals surface area contributed by atoms with Gasteiger partial charge in [0.25, 0.3) is 0 Å². The zero-order valence-corrected chi connectivity index (χ0v) is 12.8. The van der Waals surface area contributed by atoms with Crippen LogP contribution in [0.3, 0.4) is 0 Å². The van der Waals surface area contributed by atoms with E-state index in [0.29, 0.717) is 5.92 Å². The molecule has 4 heteroatoms. The first kappa shape index (κ1) is 13.2. The van der Waals surface area contributed by atoms with Gasteiger partial charge in [-0.3, -0.25) is 4.98 Å². The molecule has 1 aliphatic rings. The van der Waals surface area contributed by atoms with E-state index in [2.05, 4.69) is 65.7 Å². The van der Waals surface area contributed by atoms with Crippen LogP contribution in [0.15, 0.2) is 54.7 Å². The van der Waals surface area contributed by atoms with Gasteiger partial charge in [-0.05, 0) is 40.5 Å². The maximum Gasteiger partial charge on any atom is 0.426 e. The van der Waals surface area contributed by atoms with Gasteiger partial charge in [-0.2, -0.15) is 0 Å². The highest BCUT2D eigenvalue weighted by Crippen LogP contribution is 2.27. The minimum atomic E-state index is 0.0194. The molecular formula is C18H18BN3. The van der Waals surface area contributed by atoms with Crippen LogP contribution in [0.2, 0.25) is 0 Å². The van der Waals surface area contributed by atoms with Crippen LogP contribution in [-0.2, 0) is 0 Å². The lowest BCUT2D eigenvalue weighted by atomic mass is 9.71. The summed E-state index contributed by atoms with van der Waals surface area (Å²) >= 11 is 0. The molecule has 2 aromatic carbocycles. The van der Waals surface area contributed by atoms with Gasteiger partial charge in [0, 0.05) is 17.6 Å². The normalized spacial score (nSPS) is 13.1. The molecule has 0 amide bonds. The molecule has 0 unspecified atom stereocenters. The van der Waals surface area contributed by atoms with Crippen molar-refractivity contribution in [2.24, 2.45) is 0 Å². The Morgan fingerprint density at radius 2 is 1.68 bits per heavy atom. The highest BCUT2D eigenvalue weighted by atomic mass is 15.1. The van der Waals surface area contributed by atoms with Gasteiger partial charge < -0.3 is 10.5 Å². The third-order valence-electron chi connectivity index (χ3n) is 4.29. The summed E-state index contributed by atoms with van der Waals surface area (Å²) in [7, 11) is 0. The second-order valence-electron chi connectivity index (χ2n) is 6.10. The van der Waals surface area contributed by atoms with Crippen LogP contribution in [0.25, 0.3) is 10.8 Å². The molecule has 0 spiro atoms. The van der Waals surface area contributed by atoms with Gasteiger partial charge in [0.1, 0.15) is 0 Å². The first-order chi connectivity index (χ1) is 10.7. The van der Waals surface area contributed by atoms with E-state index in [4.69, 9.17) is 0 Å². The molecule has 3 nitrogen and oxygen atoms in total. The van der Waals surface area contributed by atoms with E-state index in [1.54, 1.807) is 0 Å². The van der Waals surface area contributed by atoms with Gasteiger partial charge in [-0.1, -0.05) is 44.2 Å². The van der Waals surface area contributed by atoms with Crippen LogP contribution >= 0.6 is 0 Å². The number of nitrogens with zero attached hydrogens (tertiary/aromatic N) is 1. The molecule has 0 aliphatic carbocycles. The number of aromatic nitrogens is 1. The zero-order valence-electron chi connectivity index (χ0n) is 12.8. The number of pyridine rings is 1. The zero-order chi connectivity index (χ0) is 15.1. The quantitative estimate of drug-likeness (QED) is 0.707. The average molecular weight is 287 g/mol. The van der Waals surface area contributed by atoms with E-state index in [1.807, 2.05) is 18.3 Å². The summed E-state index contributed by atoms with van der Waals surface area (Å²) < 4.78 is 0. The van der Waals surface area contributed by atoms with Gasteiger partial charge in [0.05, 0.1) is 5.59 Å². The number of fused-ring (bicyclic) bond motifs is 2. The fourth-order valence-electron chi connectivity index (χ4n) is 3.03. The molecule has 4 rings (SSSR count). The summed E-state index contributed by atoms with van der Waals surface area (Å²) in [5, 5.41) is 9.46. The highest BCUT2D eigenvalue weighted by molar-refractivity contribution is 6.82. The summed E-state index contributed by atoms with van der Waals surface area (Å²) in [6.45, 7) is 4.46. The molecule has 0 radical (unpaired) electrons. The smallest absolute Gasteiger partial charge is 0.403 e. The first-order valence-electron chi connectivity index (χ1n) is 7.73. The van der Waals surface area contributed by atoms with Crippen LogP contribution in [0.5, 0.6) is 0 Å². The monoisotopic (exact) mass is 287 g/mol. The SMILES string of the molecule is CC(C)c1ccc2c(B3Nc4ccccc4N3)nccc2c1. The Hall–Kier alpha value is -2.49. The number of hydrogen-bond acceptors (Lipinski definition) is 3. The van der Waals surface area contributed by atoms with Crippen LogP contribution < -0.4 is 16.0 Å². The molecule has 108 valence electrons. The van der Waals surface area contributed by atoms with Gasteiger partial charge in [0.2, 0.25) is 0 Å². The van der Waals surface area contributed by atoms with Crippen molar-refractivity contribution in [1.82, 2.24) is 4.98 Å². The third kappa shape index (κ3) is 2.12. The fourth-order valence-corrected chi connectivity index (χ4v) is 3.03. The van der Waals surface area contributed by atoms with Gasteiger partial charge in [-0.15, -0.1) is 0 Å². The molecule has 1 aromatic heterocycles. The Labute approximate surface area is 130 Å². The van der Waals surface area contributed by atoms with Crippen LogP contribution in [0.4, 0.5) is 11.4 Å². The number of rotatable bonds is 2. The minimum Gasteiger partial charge on any atom is -0.403 e. The summed E-state index contributed by atoms with van der Waals surface area (Å²) in [4.78, 5) is 4.62. The molecule has 0 saturated heterocycles. The molecular weight excluding hydrogens is 269 g/mol. The van der Waals surface area contributed by atoms with Crippen molar-refractivity contribution in [3.05, 3.63) is 60.3 Å². The molecule has 0 fully saturated rings. The van der Waals surface area contributed by atoms with Crippen molar-refractivity contribution in [2.45, 2.75) is 19.8 Å². The molecule has 3 aromatic rings. The number of hydrogen-bond donors (Lipinski definition) is 2. The fraction of sp³-hybridized carbons (Fsp3) is 0.167. The van der Waals surface area contributed by atoms with Crippen molar-refractivity contribution in [2.75, 3.05) is 10.5 Å². The lowest BCUT2D eigenvalue weighted by Gasteiger charge is -2.12. The van der Waals surface area contributed by atoms with Crippen molar-refractivity contribution in [3.8, 4) is 0 Å². The van der Waals surface area contributed by atoms with E-state index >= 15 is 0 Å². The number of benzene rings is 2. The van der Waals surface area contributed by atoms with Crippen molar-refractivity contribution in [3.63, 3.8) is 0 Å². The number of para-hydroxylation sites is 2. The van der Waals surface area contributed by atoms with E-state index in [0.717, 1.165) is 17.0 Å². The molecule has 2 heterocycles. The Morgan fingerprint density at radius 1 is 0.955 bits per heavy atom. The molecule has 0 atom stereocenters. The topological polar surface area (TPSA) is 37.0 Å². The minimum absolute atomic E-state index is 0.0194. The van der Waals surface area contributed by atoms with Crippen LogP contribution in [0.1, 0.15) is 25.3 Å². The van der Waals surface area contributed by atoms with Crippen LogP contribution in [-0.4, -0.2) is 12.0 Å². The molecule has 0 saturated carbocycles. The highest BCUT2D eigenvalue weighted by Gasteiger charge is 2.29. The predicted octanol–water partition coefficient (Wildman–Crippen LogP) is 3.59. The van der Waals surface area contributed by atoms with Crippen molar-refractivity contribution >= 4 is 34.7 Å². The average Bonchev–Trinajstić information content (AvgIpc) is 2.97. The molecule has 2 N–H and O–H groups in total. The lowest BCUT2D eigenvalue weighted by molar-refractivity contribution is 0.869. The predicted molar refractivity (Wildman–Crippen MR) is 94.9 cm³/mol. The Kier molecular flexibility index (Phi) is 3.03. The van der Waals surface area contributed by atoms with E-state index in [1.165, 1.54) is 16.3 Å².